The summed E-state index contributed by atoms with van der Waals surface area (Å²) in [6, 6.07) is 8.54. The zero-order valence-corrected chi connectivity index (χ0v) is 12.8. The third kappa shape index (κ3) is 3.92. The number of aryl methyl sites for hydroxylation is 1. The average Bonchev–Trinajstić information content (AvgIpc) is 2.84. The smallest absolute Gasteiger partial charge is 0.335 e. The van der Waals surface area contributed by atoms with Crippen molar-refractivity contribution < 1.29 is 14.7 Å². The van der Waals surface area contributed by atoms with E-state index in [4.69, 9.17) is 5.11 Å². The Morgan fingerprint density at radius 1 is 1.29 bits per heavy atom. The van der Waals surface area contributed by atoms with Gasteiger partial charge in [-0.15, -0.1) is 11.3 Å². The summed E-state index contributed by atoms with van der Waals surface area (Å²) in [6.07, 6.45) is 0.210. The number of hydrogen-bond acceptors (Lipinski definition) is 3. The highest BCUT2D eigenvalue weighted by Gasteiger charge is 2.13. The summed E-state index contributed by atoms with van der Waals surface area (Å²) in [5, 5.41) is 11.0. The lowest BCUT2D eigenvalue weighted by atomic mass is 10.1. The van der Waals surface area contributed by atoms with Crippen LogP contribution < -0.4 is 0 Å². The molecule has 0 atom stereocenters. The van der Waals surface area contributed by atoms with Crippen molar-refractivity contribution in [3.63, 3.8) is 0 Å². The van der Waals surface area contributed by atoms with Gasteiger partial charge in [0.05, 0.1) is 18.5 Å². The van der Waals surface area contributed by atoms with Gasteiger partial charge in [-0.25, -0.2) is 4.79 Å². The average molecular weight is 303 g/mol. The van der Waals surface area contributed by atoms with Crippen LogP contribution in [0, 0.1) is 6.92 Å². The van der Waals surface area contributed by atoms with Crippen molar-refractivity contribution in [2.75, 3.05) is 7.05 Å². The fourth-order valence-electron chi connectivity index (χ4n) is 1.99. The van der Waals surface area contributed by atoms with Gasteiger partial charge >= 0.3 is 5.97 Å². The minimum Gasteiger partial charge on any atom is -0.478 e. The Hall–Kier alpha value is -2.14. The van der Waals surface area contributed by atoms with E-state index in [1.807, 2.05) is 18.4 Å². The van der Waals surface area contributed by atoms with Crippen molar-refractivity contribution in [1.82, 2.24) is 4.90 Å². The number of aromatic carboxylic acids is 1. The van der Waals surface area contributed by atoms with Crippen molar-refractivity contribution >= 4 is 23.2 Å². The lowest BCUT2D eigenvalue weighted by molar-refractivity contribution is -0.129. The molecule has 0 aliphatic rings. The van der Waals surface area contributed by atoms with E-state index < -0.39 is 5.97 Å². The normalized spacial score (nSPS) is 10.4. The van der Waals surface area contributed by atoms with Gasteiger partial charge in [-0.3, -0.25) is 4.79 Å². The van der Waals surface area contributed by atoms with Crippen molar-refractivity contribution in [3.05, 3.63) is 57.3 Å². The van der Waals surface area contributed by atoms with Crippen LogP contribution in [0.2, 0.25) is 0 Å². The Labute approximate surface area is 127 Å². The molecule has 0 fully saturated rings. The van der Waals surface area contributed by atoms with Gasteiger partial charge in [-0.05, 0) is 41.6 Å². The summed E-state index contributed by atoms with van der Waals surface area (Å²) >= 11 is 1.64. The minimum atomic E-state index is -0.980. The van der Waals surface area contributed by atoms with E-state index in [0.717, 1.165) is 5.56 Å². The topological polar surface area (TPSA) is 57.6 Å². The van der Waals surface area contributed by atoms with Gasteiger partial charge in [0.25, 0.3) is 0 Å². The Balaban J connectivity index is 2.02. The molecule has 1 heterocycles. The van der Waals surface area contributed by atoms with E-state index in [1.165, 1.54) is 16.5 Å². The molecule has 0 aliphatic heterocycles. The van der Waals surface area contributed by atoms with E-state index in [-0.39, 0.29) is 17.9 Å². The van der Waals surface area contributed by atoms with Crippen LogP contribution >= 0.6 is 11.3 Å². The summed E-state index contributed by atoms with van der Waals surface area (Å²) in [7, 11) is 1.77. The van der Waals surface area contributed by atoms with E-state index in [0.29, 0.717) is 6.54 Å². The first kappa shape index (κ1) is 15.3. The predicted molar refractivity (Wildman–Crippen MR) is 82.6 cm³/mol. The van der Waals surface area contributed by atoms with Crippen molar-refractivity contribution in [1.29, 1.82) is 0 Å². The van der Waals surface area contributed by atoms with Gasteiger partial charge < -0.3 is 10.0 Å². The second kappa shape index (κ2) is 6.54. The third-order valence-corrected chi connectivity index (χ3v) is 4.31. The van der Waals surface area contributed by atoms with Crippen LogP contribution in [0.3, 0.4) is 0 Å². The van der Waals surface area contributed by atoms with E-state index >= 15 is 0 Å². The number of benzene rings is 1. The number of thiophene rings is 1. The summed E-state index contributed by atoms with van der Waals surface area (Å²) in [5.41, 5.74) is 2.11. The monoisotopic (exact) mass is 303 g/mol. The number of likely N-dealkylation sites (N-methyl/N-ethyl adjacent to an activating group) is 1. The van der Waals surface area contributed by atoms with Crippen LogP contribution in [0.4, 0.5) is 0 Å². The van der Waals surface area contributed by atoms with E-state index in [1.54, 1.807) is 41.5 Å². The molecule has 0 saturated carbocycles. The molecule has 1 aromatic heterocycles. The van der Waals surface area contributed by atoms with Crippen LogP contribution in [-0.4, -0.2) is 28.9 Å². The van der Waals surface area contributed by atoms with Crippen LogP contribution in [0.5, 0.6) is 0 Å². The van der Waals surface area contributed by atoms with Gasteiger partial charge in [0.15, 0.2) is 0 Å². The predicted octanol–water partition coefficient (Wildman–Crippen LogP) is 2.96. The molecule has 4 nitrogen and oxygen atoms in total. The second-order valence-corrected chi connectivity index (χ2v) is 5.96. The van der Waals surface area contributed by atoms with Gasteiger partial charge in [0.1, 0.15) is 0 Å². The highest BCUT2D eigenvalue weighted by atomic mass is 32.1. The zero-order chi connectivity index (χ0) is 15.4. The number of hydrogen-bond donors (Lipinski definition) is 1. The number of carboxylic acid groups (broad SMARTS) is 1. The van der Waals surface area contributed by atoms with Crippen molar-refractivity contribution in [2.24, 2.45) is 0 Å². The van der Waals surface area contributed by atoms with Gasteiger partial charge in [0.2, 0.25) is 5.91 Å². The standard InChI is InChI=1S/C16H17NO3S/c1-11-6-7-21-14(11)10-17(2)15(18)9-12-4-3-5-13(8-12)16(19)20/h3-8H,9-10H2,1-2H3,(H,19,20). The molecule has 0 saturated heterocycles. The Morgan fingerprint density at radius 3 is 2.67 bits per heavy atom. The van der Waals surface area contributed by atoms with Crippen LogP contribution in [0.15, 0.2) is 35.7 Å². The maximum absolute atomic E-state index is 12.2. The summed E-state index contributed by atoms with van der Waals surface area (Å²) in [5.74, 6) is -1.00. The molecule has 1 aromatic carbocycles. The molecule has 0 unspecified atom stereocenters. The number of nitrogens with zero attached hydrogens (tertiary/aromatic N) is 1. The molecule has 5 heteroatoms. The first-order valence-electron chi connectivity index (χ1n) is 6.56. The fraction of sp³-hybridized carbons (Fsp3) is 0.250. The number of carboxylic acids is 1. The second-order valence-electron chi connectivity index (χ2n) is 4.96. The zero-order valence-electron chi connectivity index (χ0n) is 12.0. The highest BCUT2D eigenvalue weighted by molar-refractivity contribution is 7.10. The minimum absolute atomic E-state index is 0.0228. The van der Waals surface area contributed by atoms with Crippen molar-refractivity contribution in [2.45, 2.75) is 19.9 Å². The summed E-state index contributed by atoms with van der Waals surface area (Å²) in [6.45, 7) is 2.61. The number of carbonyl (C=O) groups is 2. The lowest BCUT2D eigenvalue weighted by Gasteiger charge is -2.17. The molecule has 110 valence electrons. The van der Waals surface area contributed by atoms with E-state index in [9.17, 15) is 9.59 Å². The molecule has 21 heavy (non-hydrogen) atoms. The van der Waals surface area contributed by atoms with Crippen LogP contribution in [0.1, 0.15) is 26.4 Å². The molecule has 0 aliphatic carbocycles. The molecular weight excluding hydrogens is 286 g/mol. The van der Waals surface area contributed by atoms with Crippen LogP contribution in [-0.2, 0) is 17.8 Å². The Kier molecular flexibility index (Phi) is 4.75. The maximum Gasteiger partial charge on any atom is 0.335 e. The van der Waals surface area contributed by atoms with Crippen molar-refractivity contribution in [3.8, 4) is 0 Å². The largest absolute Gasteiger partial charge is 0.478 e. The highest BCUT2D eigenvalue weighted by Crippen LogP contribution is 2.17. The van der Waals surface area contributed by atoms with E-state index in [2.05, 4.69) is 0 Å². The quantitative estimate of drug-likeness (QED) is 0.924. The molecule has 0 spiro atoms. The molecule has 1 N–H and O–H groups in total. The molecule has 2 rings (SSSR count). The first-order valence-corrected chi connectivity index (χ1v) is 7.44. The first-order chi connectivity index (χ1) is 9.97. The van der Waals surface area contributed by atoms with Crippen LogP contribution in [0.25, 0.3) is 0 Å². The molecule has 0 radical (unpaired) electrons. The molecule has 0 bridgehead atoms. The summed E-state index contributed by atoms with van der Waals surface area (Å²) in [4.78, 5) is 26.0. The number of amides is 1. The fourth-order valence-corrected chi connectivity index (χ4v) is 2.95. The SMILES string of the molecule is Cc1ccsc1CN(C)C(=O)Cc1cccc(C(=O)O)c1. The van der Waals surface area contributed by atoms with Gasteiger partial charge in [0, 0.05) is 11.9 Å². The maximum atomic E-state index is 12.2. The lowest BCUT2D eigenvalue weighted by Crippen LogP contribution is -2.27. The number of rotatable bonds is 5. The number of carbonyl (C=O) groups excluding carboxylic acids is 1. The molecule has 2 aromatic rings. The Morgan fingerprint density at radius 2 is 2.05 bits per heavy atom. The molecule has 1 amide bonds. The molecular formula is C16H17NO3S. The summed E-state index contributed by atoms with van der Waals surface area (Å²) < 4.78 is 0. The Bertz CT molecular complexity index is 663. The van der Waals surface area contributed by atoms with Gasteiger partial charge in [-0.1, -0.05) is 12.1 Å². The third-order valence-electron chi connectivity index (χ3n) is 3.30. The van der Waals surface area contributed by atoms with Gasteiger partial charge in [-0.2, -0.15) is 0 Å².